The van der Waals surface area contributed by atoms with Crippen molar-refractivity contribution >= 4 is 27.5 Å². The van der Waals surface area contributed by atoms with Gasteiger partial charge in [0.25, 0.3) is 0 Å². The molecule has 0 fully saturated rings. The van der Waals surface area contributed by atoms with Gasteiger partial charge in [0.2, 0.25) is 0 Å². The summed E-state index contributed by atoms with van der Waals surface area (Å²) >= 11 is 0. The van der Waals surface area contributed by atoms with Gasteiger partial charge in [-0.05, 0) is 29.3 Å². The van der Waals surface area contributed by atoms with Crippen molar-refractivity contribution in [1.29, 1.82) is 0 Å². The van der Waals surface area contributed by atoms with E-state index >= 15 is 0 Å². The van der Waals surface area contributed by atoms with Crippen molar-refractivity contribution < 1.29 is 0 Å². The zero-order chi connectivity index (χ0) is 29.0. The number of anilines is 1. The lowest BCUT2D eigenvalue weighted by molar-refractivity contribution is 0.573. The molecule has 4 atom stereocenters. The Morgan fingerprint density at radius 2 is 1.02 bits per heavy atom. The summed E-state index contributed by atoms with van der Waals surface area (Å²) < 4.78 is 2.34. The van der Waals surface area contributed by atoms with Gasteiger partial charge in [0.15, 0.2) is 0 Å². The number of benzene rings is 4. The molecule has 0 radical (unpaired) electrons. The van der Waals surface area contributed by atoms with Gasteiger partial charge in [-0.15, -0.1) is 0 Å². The number of hydrogen-bond donors (Lipinski definition) is 0. The summed E-state index contributed by atoms with van der Waals surface area (Å²) in [6.45, 7) is 0. The molecule has 1 aliphatic heterocycles. The number of aromatic nitrogens is 2. The van der Waals surface area contributed by atoms with E-state index in [9.17, 15) is 0 Å². The number of rotatable bonds is 3. The smallest absolute Gasteiger partial charge is 0.140 e. The molecule has 0 N–H and O–H groups in total. The van der Waals surface area contributed by atoms with Gasteiger partial charge in [0.1, 0.15) is 5.82 Å². The number of pyridine rings is 1. The molecule has 0 amide bonds. The van der Waals surface area contributed by atoms with Crippen molar-refractivity contribution in [1.82, 2.24) is 9.55 Å². The first-order valence-electron chi connectivity index (χ1n) is 15.5. The predicted molar refractivity (Wildman–Crippen MR) is 183 cm³/mol. The number of fused-ring (bicyclic) bond motifs is 8. The van der Waals surface area contributed by atoms with Gasteiger partial charge in [-0.1, -0.05) is 140 Å². The van der Waals surface area contributed by atoms with E-state index in [-0.39, 0.29) is 23.9 Å². The molecule has 6 aromatic rings. The van der Waals surface area contributed by atoms with Gasteiger partial charge in [-0.2, -0.15) is 0 Å². The fourth-order valence-electron chi connectivity index (χ4n) is 7.65. The Kier molecular flexibility index (Phi) is 5.77. The fraction of sp³-hybridized carbons (Fsp3) is 0.0976. The molecule has 3 nitrogen and oxygen atoms in total. The van der Waals surface area contributed by atoms with E-state index in [0.717, 1.165) is 28.1 Å². The molecule has 3 heterocycles. The normalized spacial score (nSPS) is 21.7. The maximum absolute atomic E-state index is 5.38. The lowest BCUT2D eigenvalue weighted by Crippen LogP contribution is -2.45. The third-order valence-corrected chi connectivity index (χ3v) is 9.54. The molecule has 0 bridgehead atoms. The second-order valence-electron chi connectivity index (χ2n) is 11.9. The molecule has 44 heavy (non-hydrogen) atoms. The van der Waals surface area contributed by atoms with E-state index in [1.54, 1.807) is 0 Å². The van der Waals surface area contributed by atoms with Crippen LogP contribution in [0, 0.1) is 0 Å². The highest BCUT2D eigenvalue weighted by atomic mass is 15.2. The van der Waals surface area contributed by atoms with Gasteiger partial charge < -0.3 is 4.90 Å². The van der Waals surface area contributed by atoms with Crippen LogP contribution in [-0.4, -0.2) is 21.6 Å². The van der Waals surface area contributed by atoms with E-state index in [1.165, 1.54) is 27.6 Å². The van der Waals surface area contributed by atoms with Crippen LogP contribution in [0.5, 0.6) is 0 Å². The molecular formula is C41H31N3. The lowest BCUT2D eigenvalue weighted by atomic mass is 9.82. The summed E-state index contributed by atoms with van der Waals surface area (Å²) in [6, 6.07) is 41.9. The van der Waals surface area contributed by atoms with Crippen LogP contribution in [0.1, 0.15) is 23.0 Å². The van der Waals surface area contributed by atoms with Crippen LogP contribution >= 0.6 is 0 Å². The third kappa shape index (κ3) is 3.86. The van der Waals surface area contributed by atoms with Gasteiger partial charge in [0.05, 0.1) is 28.8 Å². The van der Waals surface area contributed by atoms with Crippen molar-refractivity contribution in [2.24, 2.45) is 0 Å². The molecule has 4 unspecified atom stereocenters. The van der Waals surface area contributed by atoms with Crippen molar-refractivity contribution in [3.8, 4) is 17.1 Å². The monoisotopic (exact) mass is 565 g/mol. The zero-order valence-electron chi connectivity index (χ0n) is 24.2. The minimum absolute atomic E-state index is 0.157. The number of allylic oxidation sites excluding steroid dienone is 4. The van der Waals surface area contributed by atoms with Crippen LogP contribution in [0.2, 0.25) is 0 Å². The zero-order valence-corrected chi connectivity index (χ0v) is 24.2. The molecule has 4 aromatic carbocycles. The molecule has 9 rings (SSSR count). The minimum Gasteiger partial charge on any atom is -0.357 e. The largest absolute Gasteiger partial charge is 0.357 e. The molecule has 0 saturated heterocycles. The number of para-hydroxylation sites is 2. The molecule has 0 spiro atoms. The standard InChI is InChI=1S/C41H31N3/c1-2-14-28(15-3-1)36-26-29(27-41(42-36)44-39-24-12-8-20-34(39)35-21-9-13-25-40(35)44)43-37-22-10-6-18-32(37)30-16-4-5-17-31(30)33-19-7-11-23-38(33)43/h1-27,32-33,37-38H. The highest BCUT2D eigenvalue weighted by molar-refractivity contribution is 6.09. The maximum Gasteiger partial charge on any atom is 0.140 e. The van der Waals surface area contributed by atoms with Gasteiger partial charge in [-0.3, -0.25) is 4.57 Å². The summed E-state index contributed by atoms with van der Waals surface area (Å²) in [5.41, 5.74) is 8.41. The van der Waals surface area contributed by atoms with E-state index in [1.807, 2.05) is 0 Å². The average Bonchev–Trinajstić information content (AvgIpc) is 3.37. The summed E-state index contributed by atoms with van der Waals surface area (Å²) in [5.74, 6) is 1.42. The SMILES string of the molecule is C1=CC2c3ccccc3C3C=CC=CC3N(c3cc(-c4ccccc4)nc(-n4c5ccccc5c5ccccc54)c3)C2C=C1. The second kappa shape index (κ2) is 10.1. The number of nitrogens with zero attached hydrogens (tertiary/aromatic N) is 3. The Labute approximate surface area is 257 Å². The molecule has 3 aliphatic rings. The number of hydrogen-bond acceptors (Lipinski definition) is 2. The first-order chi connectivity index (χ1) is 21.8. The Morgan fingerprint density at radius 1 is 0.500 bits per heavy atom. The van der Waals surface area contributed by atoms with Crippen molar-refractivity contribution in [3.05, 3.63) is 175 Å². The molecule has 0 saturated carbocycles. The lowest BCUT2D eigenvalue weighted by Gasteiger charge is -2.41. The van der Waals surface area contributed by atoms with Crippen LogP contribution in [0.3, 0.4) is 0 Å². The maximum atomic E-state index is 5.38. The van der Waals surface area contributed by atoms with E-state index < -0.39 is 0 Å². The summed E-state index contributed by atoms with van der Waals surface area (Å²) in [5, 5.41) is 2.48. The Bertz CT molecular complexity index is 2060. The van der Waals surface area contributed by atoms with E-state index in [4.69, 9.17) is 4.98 Å². The molecule has 2 aromatic heterocycles. The van der Waals surface area contributed by atoms with Gasteiger partial charge >= 0.3 is 0 Å². The van der Waals surface area contributed by atoms with Crippen LogP contribution < -0.4 is 4.90 Å². The first-order valence-corrected chi connectivity index (χ1v) is 15.5. The van der Waals surface area contributed by atoms with Gasteiger partial charge in [0, 0.05) is 39.9 Å². The molecule has 2 aliphatic carbocycles. The van der Waals surface area contributed by atoms with E-state index in [0.29, 0.717) is 0 Å². The molecular weight excluding hydrogens is 534 g/mol. The molecule has 3 heteroatoms. The minimum atomic E-state index is 0.157. The summed E-state index contributed by atoms with van der Waals surface area (Å²) in [4.78, 5) is 8.04. The fourth-order valence-corrected chi connectivity index (χ4v) is 7.65. The summed E-state index contributed by atoms with van der Waals surface area (Å²) in [7, 11) is 0. The Morgan fingerprint density at radius 3 is 1.64 bits per heavy atom. The third-order valence-electron chi connectivity index (χ3n) is 9.54. The quantitative estimate of drug-likeness (QED) is 0.213. The van der Waals surface area contributed by atoms with E-state index in [2.05, 4.69) is 173 Å². The van der Waals surface area contributed by atoms with Crippen molar-refractivity contribution in [3.63, 3.8) is 0 Å². The van der Waals surface area contributed by atoms with Crippen LogP contribution in [-0.2, 0) is 0 Å². The first kappa shape index (κ1) is 25.1. The van der Waals surface area contributed by atoms with Crippen molar-refractivity contribution in [2.45, 2.75) is 23.9 Å². The Hall–Kier alpha value is -5.41. The van der Waals surface area contributed by atoms with Crippen LogP contribution in [0.4, 0.5) is 5.69 Å². The average molecular weight is 566 g/mol. The topological polar surface area (TPSA) is 21.1 Å². The second-order valence-corrected chi connectivity index (χ2v) is 11.9. The Balaban J connectivity index is 1.33. The van der Waals surface area contributed by atoms with Crippen LogP contribution in [0.25, 0.3) is 38.9 Å². The highest BCUT2D eigenvalue weighted by Crippen LogP contribution is 2.46. The molecule has 210 valence electrons. The summed E-state index contributed by atoms with van der Waals surface area (Å²) in [6.07, 6.45) is 18.4. The van der Waals surface area contributed by atoms with Crippen LogP contribution in [0.15, 0.2) is 164 Å². The van der Waals surface area contributed by atoms with Crippen molar-refractivity contribution in [2.75, 3.05) is 4.90 Å². The highest BCUT2D eigenvalue weighted by Gasteiger charge is 2.40. The predicted octanol–water partition coefficient (Wildman–Crippen LogP) is 9.52. The van der Waals surface area contributed by atoms with Gasteiger partial charge in [-0.25, -0.2) is 4.98 Å².